The largest absolute Gasteiger partial charge is 0.249 e. The second-order valence-corrected chi connectivity index (χ2v) is 8.31. The van der Waals surface area contributed by atoms with E-state index in [0.717, 1.165) is 0 Å². The fourth-order valence-electron chi connectivity index (χ4n) is 3.12. The van der Waals surface area contributed by atoms with Crippen molar-refractivity contribution in [2.75, 3.05) is 0 Å². The van der Waals surface area contributed by atoms with E-state index in [1.807, 2.05) is 17.5 Å². The molecule has 1 unspecified atom stereocenters. The molecule has 0 saturated carbocycles. The van der Waals surface area contributed by atoms with Crippen LogP contribution in [-0.2, 0) is 0 Å². The normalized spacial score (nSPS) is 12.6. The maximum absolute atomic E-state index is 4.56. The Balaban J connectivity index is 1.58. The van der Waals surface area contributed by atoms with Gasteiger partial charge in [-0.05, 0) is 17.9 Å². The molecule has 0 aliphatic carbocycles. The number of hydrogen-bond donors (Lipinski definition) is 0. The molecule has 0 fully saturated rings. The van der Waals surface area contributed by atoms with Crippen molar-refractivity contribution in [2.45, 2.75) is 83.5 Å². The number of thiazole rings is 1. The van der Waals surface area contributed by atoms with Gasteiger partial charge < -0.3 is 0 Å². The van der Waals surface area contributed by atoms with Gasteiger partial charge in [0.05, 0.1) is 0 Å². The topological polar surface area (TPSA) is 12.9 Å². The second kappa shape index (κ2) is 11.8. The van der Waals surface area contributed by atoms with Crippen molar-refractivity contribution in [3.8, 4) is 0 Å². The Bertz CT molecular complexity index is 441. The molecule has 2 heterocycles. The lowest BCUT2D eigenvalue weighted by molar-refractivity contribution is 0.541. The third-order valence-corrected chi connectivity index (χ3v) is 6.36. The van der Waals surface area contributed by atoms with E-state index < -0.39 is 0 Å². The van der Waals surface area contributed by atoms with Crippen molar-refractivity contribution in [3.63, 3.8) is 0 Å². The summed E-state index contributed by atoms with van der Waals surface area (Å²) < 4.78 is 0. The predicted molar refractivity (Wildman–Crippen MR) is 105 cm³/mol. The van der Waals surface area contributed by atoms with Crippen molar-refractivity contribution in [1.82, 2.24) is 4.98 Å². The Kier molecular flexibility index (Phi) is 9.58. The molecule has 0 aliphatic rings. The van der Waals surface area contributed by atoms with E-state index in [1.165, 1.54) is 80.5 Å². The molecule has 0 spiro atoms. The lowest BCUT2D eigenvalue weighted by atomic mass is 9.99. The molecule has 2 aromatic heterocycles. The maximum Gasteiger partial charge on any atom is 0.101 e. The van der Waals surface area contributed by atoms with Crippen LogP contribution in [0.4, 0.5) is 0 Å². The van der Waals surface area contributed by atoms with Gasteiger partial charge in [0, 0.05) is 22.4 Å². The average Bonchev–Trinajstić information content (AvgIpc) is 3.26. The summed E-state index contributed by atoms with van der Waals surface area (Å²) >= 11 is 3.68. The van der Waals surface area contributed by atoms with Gasteiger partial charge in [-0.3, -0.25) is 0 Å². The van der Waals surface area contributed by atoms with E-state index in [4.69, 9.17) is 0 Å². The quantitative estimate of drug-likeness (QED) is 0.338. The molecule has 1 nitrogen and oxygen atoms in total. The highest BCUT2D eigenvalue weighted by atomic mass is 32.1. The van der Waals surface area contributed by atoms with Crippen LogP contribution < -0.4 is 0 Å². The minimum atomic E-state index is 0.532. The Morgan fingerprint density at radius 1 is 0.870 bits per heavy atom. The van der Waals surface area contributed by atoms with Crippen molar-refractivity contribution in [3.05, 3.63) is 39.0 Å². The Labute approximate surface area is 150 Å². The maximum atomic E-state index is 4.56. The van der Waals surface area contributed by atoms with Crippen LogP contribution in [0.15, 0.2) is 29.1 Å². The molecular formula is C20H31NS2. The fourth-order valence-corrected chi connectivity index (χ4v) is 4.85. The summed E-state index contributed by atoms with van der Waals surface area (Å²) in [7, 11) is 0. The molecule has 0 radical (unpaired) electrons. The Morgan fingerprint density at radius 3 is 2.13 bits per heavy atom. The van der Waals surface area contributed by atoms with E-state index in [-0.39, 0.29) is 0 Å². The number of rotatable bonds is 13. The molecule has 2 aromatic rings. The highest BCUT2D eigenvalue weighted by molar-refractivity contribution is 7.11. The molecule has 1 atom stereocenters. The molecule has 0 bridgehead atoms. The molecular weight excluding hydrogens is 318 g/mol. The number of hydrogen-bond acceptors (Lipinski definition) is 3. The standard InChI is InChI=1S/C20H31NS2/c1-2-3-4-5-6-7-8-9-10-11-13-18(19-14-12-16-22-19)20-21-15-17-23-20/h12,14-18H,2-11,13H2,1H3. The zero-order chi connectivity index (χ0) is 16.2. The molecule has 0 N–H and O–H groups in total. The average molecular weight is 350 g/mol. The fraction of sp³-hybridized carbons (Fsp3) is 0.650. The summed E-state index contributed by atoms with van der Waals surface area (Å²) in [6.45, 7) is 2.29. The van der Waals surface area contributed by atoms with Gasteiger partial charge in [0.15, 0.2) is 0 Å². The highest BCUT2D eigenvalue weighted by Gasteiger charge is 2.17. The summed E-state index contributed by atoms with van der Waals surface area (Å²) in [5.41, 5.74) is 0. The van der Waals surface area contributed by atoms with Crippen molar-refractivity contribution in [1.29, 1.82) is 0 Å². The monoisotopic (exact) mass is 349 g/mol. The van der Waals surface area contributed by atoms with Crippen molar-refractivity contribution < 1.29 is 0 Å². The number of unbranched alkanes of at least 4 members (excludes halogenated alkanes) is 9. The molecule has 128 valence electrons. The molecule has 23 heavy (non-hydrogen) atoms. The van der Waals surface area contributed by atoms with Gasteiger partial charge in [0.25, 0.3) is 0 Å². The summed E-state index contributed by atoms with van der Waals surface area (Å²) in [4.78, 5) is 6.04. The van der Waals surface area contributed by atoms with Crippen LogP contribution in [0.25, 0.3) is 0 Å². The van der Waals surface area contributed by atoms with Gasteiger partial charge in [-0.1, -0.05) is 77.2 Å². The first-order valence-electron chi connectivity index (χ1n) is 9.34. The lowest BCUT2D eigenvalue weighted by Crippen LogP contribution is -1.98. The van der Waals surface area contributed by atoms with Gasteiger partial charge in [-0.25, -0.2) is 4.98 Å². The van der Waals surface area contributed by atoms with E-state index in [0.29, 0.717) is 5.92 Å². The van der Waals surface area contributed by atoms with Crippen molar-refractivity contribution in [2.24, 2.45) is 0 Å². The molecule has 3 heteroatoms. The van der Waals surface area contributed by atoms with Gasteiger partial charge in [0.1, 0.15) is 5.01 Å². The molecule has 0 aliphatic heterocycles. The first kappa shape index (κ1) is 18.7. The van der Waals surface area contributed by atoms with Crippen LogP contribution in [0, 0.1) is 0 Å². The molecule has 0 amide bonds. The third kappa shape index (κ3) is 7.17. The van der Waals surface area contributed by atoms with Crippen LogP contribution in [0.5, 0.6) is 0 Å². The Morgan fingerprint density at radius 2 is 1.57 bits per heavy atom. The lowest BCUT2D eigenvalue weighted by Gasteiger charge is -2.12. The van der Waals surface area contributed by atoms with Gasteiger partial charge in [-0.15, -0.1) is 22.7 Å². The SMILES string of the molecule is CCCCCCCCCCCCC(c1cccs1)c1nccs1. The van der Waals surface area contributed by atoms with Gasteiger partial charge in [-0.2, -0.15) is 0 Å². The molecule has 2 rings (SSSR count). The predicted octanol–water partition coefficient (Wildman–Crippen LogP) is 7.65. The first-order chi connectivity index (χ1) is 11.4. The summed E-state index contributed by atoms with van der Waals surface area (Å²) in [5, 5.41) is 5.59. The number of thiophene rings is 1. The second-order valence-electron chi connectivity index (χ2n) is 6.41. The summed E-state index contributed by atoms with van der Waals surface area (Å²) in [5.74, 6) is 0.532. The first-order valence-corrected chi connectivity index (χ1v) is 11.1. The smallest absolute Gasteiger partial charge is 0.101 e. The highest BCUT2D eigenvalue weighted by Crippen LogP contribution is 2.34. The van der Waals surface area contributed by atoms with Crippen LogP contribution in [-0.4, -0.2) is 4.98 Å². The summed E-state index contributed by atoms with van der Waals surface area (Å²) in [6, 6.07) is 4.44. The van der Waals surface area contributed by atoms with Gasteiger partial charge >= 0.3 is 0 Å². The zero-order valence-corrected chi connectivity index (χ0v) is 16.1. The van der Waals surface area contributed by atoms with Crippen LogP contribution in [0.2, 0.25) is 0 Å². The van der Waals surface area contributed by atoms with E-state index in [1.54, 1.807) is 11.3 Å². The zero-order valence-electron chi connectivity index (χ0n) is 14.5. The van der Waals surface area contributed by atoms with Gasteiger partial charge in [0.2, 0.25) is 0 Å². The minimum absolute atomic E-state index is 0.532. The van der Waals surface area contributed by atoms with E-state index in [2.05, 4.69) is 34.8 Å². The van der Waals surface area contributed by atoms with Crippen LogP contribution >= 0.6 is 22.7 Å². The number of aromatic nitrogens is 1. The molecule has 0 aromatic carbocycles. The summed E-state index contributed by atoms with van der Waals surface area (Å²) in [6.07, 6.45) is 17.3. The minimum Gasteiger partial charge on any atom is -0.249 e. The third-order valence-electron chi connectivity index (χ3n) is 4.48. The molecule has 0 saturated heterocycles. The van der Waals surface area contributed by atoms with Crippen LogP contribution in [0.3, 0.4) is 0 Å². The van der Waals surface area contributed by atoms with Crippen LogP contribution in [0.1, 0.15) is 93.4 Å². The van der Waals surface area contributed by atoms with E-state index in [9.17, 15) is 0 Å². The van der Waals surface area contributed by atoms with E-state index >= 15 is 0 Å². The Hall–Kier alpha value is -0.670. The van der Waals surface area contributed by atoms with Crippen molar-refractivity contribution >= 4 is 22.7 Å². The number of nitrogens with zero attached hydrogens (tertiary/aromatic N) is 1.